The van der Waals surface area contributed by atoms with Gasteiger partial charge in [0, 0.05) is 10.4 Å². The molecule has 90 valence electrons. The maximum absolute atomic E-state index is 9.43. The summed E-state index contributed by atoms with van der Waals surface area (Å²) in [6, 6.07) is 1.89. The van der Waals surface area contributed by atoms with Crippen LogP contribution in [0.25, 0.3) is 0 Å². The van der Waals surface area contributed by atoms with Crippen molar-refractivity contribution in [3.05, 3.63) is 27.8 Å². The minimum absolute atomic E-state index is 0.0553. The maximum atomic E-state index is 9.43. The molecule has 1 N–H and O–H groups in total. The number of halogens is 1. The van der Waals surface area contributed by atoms with Crippen LogP contribution in [0.3, 0.4) is 0 Å². The summed E-state index contributed by atoms with van der Waals surface area (Å²) >= 11 is 6.26. The molecule has 0 spiro atoms. The Morgan fingerprint density at radius 3 is 2.38 bits per heavy atom. The summed E-state index contributed by atoms with van der Waals surface area (Å²) in [7, 11) is 1.65. The molecule has 0 atom stereocenters. The topological polar surface area (TPSA) is 29.5 Å². The van der Waals surface area contributed by atoms with E-state index >= 15 is 0 Å². The molecule has 1 rings (SSSR count). The Morgan fingerprint density at radius 1 is 1.38 bits per heavy atom. The molecule has 0 aliphatic rings. The van der Waals surface area contributed by atoms with Gasteiger partial charge in [0.25, 0.3) is 0 Å². The fourth-order valence-electron chi connectivity index (χ4n) is 2.14. The van der Waals surface area contributed by atoms with E-state index in [9.17, 15) is 5.11 Å². The van der Waals surface area contributed by atoms with E-state index in [2.05, 4.69) is 0 Å². The lowest BCUT2D eigenvalue weighted by molar-refractivity contribution is 0.217. The summed E-state index contributed by atoms with van der Waals surface area (Å²) in [6.45, 7) is 7.93. The first kappa shape index (κ1) is 13.3. The van der Waals surface area contributed by atoms with Gasteiger partial charge in [0.2, 0.25) is 0 Å². The summed E-state index contributed by atoms with van der Waals surface area (Å²) in [5.41, 5.74) is 2.62. The number of aliphatic hydroxyl groups excluding tert-OH is 1. The Labute approximate surface area is 102 Å². The Balaban J connectivity index is 3.51. The number of ether oxygens (including phenoxy) is 1. The molecule has 0 amide bonds. The summed E-state index contributed by atoms with van der Waals surface area (Å²) < 4.78 is 5.37. The Morgan fingerprint density at radius 2 is 1.94 bits per heavy atom. The van der Waals surface area contributed by atoms with Crippen molar-refractivity contribution in [1.29, 1.82) is 0 Å². The standard InChI is InChI=1S/C13H19ClO2/c1-8-6-10(14)11(13(3,4)7-15)9(2)12(8)16-5/h6,15H,7H2,1-5H3. The minimum Gasteiger partial charge on any atom is -0.496 e. The predicted molar refractivity (Wildman–Crippen MR) is 67.6 cm³/mol. The van der Waals surface area contributed by atoms with E-state index in [0.717, 1.165) is 22.4 Å². The number of rotatable bonds is 3. The zero-order valence-electron chi connectivity index (χ0n) is 10.5. The summed E-state index contributed by atoms with van der Waals surface area (Å²) in [4.78, 5) is 0. The second-order valence-corrected chi connectivity index (χ2v) is 5.16. The van der Waals surface area contributed by atoms with Gasteiger partial charge in [-0.15, -0.1) is 0 Å². The Bertz CT molecular complexity index is 397. The fraction of sp³-hybridized carbons (Fsp3) is 0.538. The van der Waals surface area contributed by atoms with Crippen LogP contribution in [0.15, 0.2) is 6.07 Å². The molecule has 0 aliphatic carbocycles. The zero-order chi connectivity index (χ0) is 12.5. The van der Waals surface area contributed by atoms with Crippen LogP contribution in [-0.2, 0) is 5.41 Å². The van der Waals surface area contributed by atoms with E-state index in [1.165, 1.54) is 0 Å². The van der Waals surface area contributed by atoms with Crippen LogP contribution in [0.2, 0.25) is 5.02 Å². The third kappa shape index (κ3) is 2.18. The molecule has 1 aromatic rings. The van der Waals surface area contributed by atoms with Crippen LogP contribution in [0.5, 0.6) is 5.75 Å². The average molecular weight is 243 g/mol. The molecule has 0 aromatic heterocycles. The minimum atomic E-state index is -0.359. The third-order valence-electron chi connectivity index (χ3n) is 2.93. The molecule has 16 heavy (non-hydrogen) atoms. The van der Waals surface area contributed by atoms with Gasteiger partial charge in [-0.3, -0.25) is 0 Å². The first-order valence-corrected chi connectivity index (χ1v) is 5.68. The van der Waals surface area contributed by atoms with Crippen molar-refractivity contribution in [1.82, 2.24) is 0 Å². The molecule has 2 nitrogen and oxygen atoms in total. The van der Waals surface area contributed by atoms with Crippen molar-refractivity contribution < 1.29 is 9.84 Å². The molecule has 0 fully saturated rings. The number of hydrogen-bond donors (Lipinski definition) is 1. The molecule has 3 heteroatoms. The number of methoxy groups -OCH3 is 1. The van der Waals surface area contributed by atoms with Crippen LogP contribution in [0.4, 0.5) is 0 Å². The third-order valence-corrected chi connectivity index (χ3v) is 3.23. The Kier molecular flexibility index (Phi) is 3.87. The first-order chi connectivity index (χ1) is 7.35. The summed E-state index contributed by atoms with van der Waals surface area (Å²) in [5, 5.41) is 10.1. The number of benzene rings is 1. The van der Waals surface area contributed by atoms with Crippen molar-refractivity contribution >= 4 is 11.6 Å². The van der Waals surface area contributed by atoms with Crippen molar-refractivity contribution in [2.75, 3.05) is 13.7 Å². The normalized spacial score (nSPS) is 11.7. The van der Waals surface area contributed by atoms with Crippen molar-refractivity contribution in [3.63, 3.8) is 0 Å². The first-order valence-electron chi connectivity index (χ1n) is 5.30. The highest BCUT2D eigenvalue weighted by molar-refractivity contribution is 6.31. The summed E-state index contributed by atoms with van der Waals surface area (Å²) in [5.74, 6) is 0.848. The van der Waals surface area contributed by atoms with E-state index in [1.807, 2.05) is 33.8 Å². The van der Waals surface area contributed by atoms with Crippen molar-refractivity contribution in [2.24, 2.45) is 0 Å². The van der Waals surface area contributed by atoms with Gasteiger partial charge in [0.1, 0.15) is 5.75 Å². The van der Waals surface area contributed by atoms with Crippen LogP contribution >= 0.6 is 11.6 Å². The largest absolute Gasteiger partial charge is 0.496 e. The van der Waals surface area contributed by atoms with Gasteiger partial charge in [0.05, 0.1) is 13.7 Å². The smallest absolute Gasteiger partial charge is 0.125 e. The molecule has 0 bridgehead atoms. The maximum Gasteiger partial charge on any atom is 0.125 e. The molecular formula is C13H19ClO2. The highest BCUT2D eigenvalue weighted by atomic mass is 35.5. The zero-order valence-corrected chi connectivity index (χ0v) is 11.3. The Hall–Kier alpha value is -0.730. The lowest BCUT2D eigenvalue weighted by Gasteiger charge is -2.27. The molecule has 0 aliphatic heterocycles. The molecule has 0 unspecified atom stereocenters. The van der Waals surface area contributed by atoms with Crippen LogP contribution in [0, 0.1) is 13.8 Å². The molecule has 0 saturated heterocycles. The van der Waals surface area contributed by atoms with Crippen LogP contribution < -0.4 is 4.74 Å². The van der Waals surface area contributed by atoms with E-state index in [0.29, 0.717) is 5.02 Å². The van der Waals surface area contributed by atoms with Gasteiger partial charge in [-0.2, -0.15) is 0 Å². The second-order valence-electron chi connectivity index (χ2n) is 4.75. The molecule has 0 saturated carbocycles. The number of hydrogen-bond acceptors (Lipinski definition) is 2. The van der Waals surface area contributed by atoms with Crippen molar-refractivity contribution in [2.45, 2.75) is 33.1 Å². The fourth-order valence-corrected chi connectivity index (χ4v) is 2.70. The van der Waals surface area contributed by atoms with E-state index in [-0.39, 0.29) is 12.0 Å². The SMILES string of the molecule is COc1c(C)cc(Cl)c(C(C)(C)CO)c1C. The van der Waals surface area contributed by atoms with Gasteiger partial charge in [0.15, 0.2) is 0 Å². The van der Waals surface area contributed by atoms with E-state index in [1.54, 1.807) is 7.11 Å². The predicted octanol–water partition coefficient (Wildman–Crippen LogP) is 3.24. The quantitative estimate of drug-likeness (QED) is 0.882. The van der Waals surface area contributed by atoms with Crippen molar-refractivity contribution in [3.8, 4) is 5.75 Å². The van der Waals surface area contributed by atoms with Crippen LogP contribution in [-0.4, -0.2) is 18.8 Å². The molecule has 0 radical (unpaired) electrons. The number of aryl methyl sites for hydroxylation is 1. The molecule has 1 aromatic carbocycles. The van der Waals surface area contributed by atoms with Gasteiger partial charge in [-0.25, -0.2) is 0 Å². The summed E-state index contributed by atoms with van der Waals surface area (Å²) in [6.07, 6.45) is 0. The van der Waals surface area contributed by atoms with Gasteiger partial charge in [-0.1, -0.05) is 25.4 Å². The lowest BCUT2D eigenvalue weighted by Crippen LogP contribution is -2.24. The van der Waals surface area contributed by atoms with Gasteiger partial charge >= 0.3 is 0 Å². The number of aliphatic hydroxyl groups is 1. The highest BCUT2D eigenvalue weighted by Crippen LogP contribution is 2.38. The van der Waals surface area contributed by atoms with E-state index < -0.39 is 0 Å². The average Bonchev–Trinajstić information content (AvgIpc) is 2.17. The highest BCUT2D eigenvalue weighted by Gasteiger charge is 2.26. The van der Waals surface area contributed by atoms with E-state index in [4.69, 9.17) is 16.3 Å². The second kappa shape index (κ2) is 4.64. The van der Waals surface area contributed by atoms with Gasteiger partial charge < -0.3 is 9.84 Å². The van der Waals surface area contributed by atoms with Gasteiger partial charge in [-0.05, 0) is 36.6 Å². The monoisotopic (exact) mass is 242 g/mol. The van der Waals surface area contributed by atoms with Crippen LogP contribution in [0.1, 0.15) is 30.5 Å². The molecule has 0 heterocycles. The molecular weight excluding hydrogens is 224 g/mol. The lowest BCUT2D eigenvalue weighted by atomic mass is 9.82.